The molecule has 2 amide bonds. The second-order valence-electron chi connectivity index (χ2n) is 8.39. The average Bonchev–Trinajstić information content (AvgIpc) is 3.13. The number of primary amides is 1. The molecule has 1 heterocycles. The molecule has 0 spiro atoms. The van der Waals surface area contributed by atoms with Crippen molar-refractivity contribution in [3.8, 4) is 11.5 Å². The van der Waals surface area contributed by atoms with Crippen LogP contribution in [0.2, 0.25) is 0 Å². The molecule has 9 nitrogen and oxygen atoms in total. The maximum Gasteiger partial charge on any atom is 0.295 e. The van der Waals surface area contributed by atoms with Crippen molar-refractivity contribution < 1.29 is 33.7 Å². The number of likely N-dealkylation sites (tertiary alicyclic amines) is 1. The molecule has 0 saturated carbocycles. The summed E-state index contributed by atoms with van der Waals surface area (Å²) in [6.45, 7) is 3.08. The molecule has 0 aliphatic carbocycles. The number of ether oxygens (including phenoxy) is 3. The first kappa shape index (κ1) is 26.7. The molecule has 2 aromatic carbocycles. The molecule has 1 atom stereocenters. The van der Waals surface area contributed by atoms with Crippen LogP contribution in [0.25, 0.3) is 5.76 Å². The number of ketones is 1. The van der Waals surface area contributed by atoms with Gasteiger partial charge in [0.25, 0.3) is 17.6 Å². The Kier molecular flexibility index (Phi) is 9.46. The first-order valence-corrected chi connectivity index (χ1v) is 11.9. The van der Waals surface area contributed by atoms with Crippen molar-refractivity contribution in [1.82, 2.24) is 4.90 Å². The van der Waals surface area contributed by atoms with Gasteiger partial charge in [-0.3, -0.25) is 14.4 Å². The quantitative estimate of drug-likeness (QED) is 0.189. The van der Waals surface area contributed by atoms with Crippen LogP contribution in [0.4, 0.5) is 0 Å². The Labute approximate surface area is 210 Å². The monoisotopic (exact) mass is 496 g/mol. The number of carbonyl (C=O) groups excluding carboxylic acids is 3. The standard InChI is InChI=1S/C27H32N2O7/c1-3-4-16-35-20-12-8-19(9-13-20)25(31)23-24(29(14-5-15-34-2)27(33)26(23)32)18-6-10-21(11-7-18)36-17-22(28)30/h6-13,24,31H,3-5,14-17H2,1-2H3,(H2,28,30)/t24-/m1/s1. The molecule has 3 rings (SSSR count). The molecule has 9 heteroatoms. The summed E-state index contributed by atoms with van der Waals surface area (Å²) in [5.74, 6) is -1.25. The lowest BCUT2D eigenvalue weighted by molar-refractivity contribution is -0.140. The van der Waals surface area contributed by atoms with E-state index in [9.17, 15) is 19.5 Å². The van der Waals surface area contributed by atoms with E-state index in [-0.39, 0.29) is 24.5 Å². The second-order valence-corrected chi connectivity index (χ2v) is 8.39. The van der Waals surface area contributed by atoms with Crippen LogP contribution in [0, 0.1) is 0 Å². The van der Waals surface area contributed by atoms with Crippen LogP contribution in [0.15, 0.2) is 54.1 Å². The number of nitrogens with zero attached hydrogens (tertiary/aromatic N) is 1. The fourth-order valence-corrected chi connectivity index (χ4v) is 3.94. The van der Waals surface area contributed by atoms with Gasteiger partial charge in [0, 0.05) is 25.8 Å². The molecule has 1 fully saturated rings. The number of carbonyl (C=O) groups is 3. The minimum atomic E-state index is -0.799. The predicted octanol–water partition coefficient (Wildman–Crippen LogP) is 3.19. The van der Waals surface area contributed by atoms with E-state index in [1.807, 2.05) is 0 Å². The summed E-state index contributed by atoms with van der Waals surface area (Å²) in [4.78, 5) is 38.5. The Morgan fingerprint density at radius 1 is 0.972 bits per heavy atom. The number of hydrogen-bond acceptors (Lipinski definition) is 7. The van der Waals surface area contributed by atoms with Gasteiger partial charge in [-0.25, -0.2) is 0 Å². The topological polar surface area (TPSA) is 128 Å². The molecule has 0 bridgehead atoms. The van der Waals surface area contributed by atoms with E-state index in [1.54, 1.807) is 55.6 Å². The number of nitrogens with two attached hydrogens (primary N) is 1. The van der Waals surface area contributed by atoms with Gasteiger partial charge in [-0.15, -0.1) is 0 Å². The Bertz CT molecular complexity index is 1090. The van der Waals surface area contributed by atoms with E-state index in [4.69, 9.17) is 19.9 Å². The highest BCUT2D eigenvalue weighted by Crippen LogP contribution is 2.40. The van der Waals surface area contributed by atoms with Crippen LogP contribution in [0.5, 0.6) is 11.5 Å². The summed E-state index contributed by atoms with van der Waals surface area (Å²) in [5.41, 5.74) is 6.14. The van der Waals surface area contributed by atoms with Crippen molar-refractivity contribution in [2.24, 2.45) is 5.73 Å². The van der Waals surface area contributed by atoms with E-state index < -0.39 is 23.6 Å². The minimum absolute atomic E-state index is 0.00266. The predicted molar refractivity (Wildman–Crippen MR) is 133 cm³/mol. The fourth-order valence-electron chi connectivity index (χ4n) is 3.94. The van der Waals surface area contributed by atoms with Crippen molar-refractivity contribution in [2.75, 3.05) is 33.5 Å². The third kappa shape index (κ3) is 6.42. The van der Waals surface area contributed by atoms with Crippen LogP contribution in [0.3, 0.4) is 0 Å². The molecule has 2 aromatic rings. The van der Waals surface area contributed by atoms with E-state index in [1.165, 1.54) is 4.90 Å². The maximum absolute atomic E-state index is 13.1. The molecule has 1 saturated heterocycles. The highest BCUT2D eigenvalue weighted by molar-refractivity contribution is 6.46. The number of aliphatic hydroxyl groups is 1. The van der Waals surface area contributed by atoms with Crippen molar-refractivity contribution in [2.45, 2.75) is 32.2 Å². The summed E-state index contributed by atoms with van der Waals surface area (Å²) in [7, 11) is 1.56. The number of aliphatic hydroxyl groups excluding tert-OH is 1. The highest BCUT2D eigenvalue weighted by atomic mass is 16.5. The van der Waals surface area contributed by atoms with E-state index >= 15 is 0 Å². The van der Waals surface area contributed by atoms with Crippen LogP contribution >= 0.6 is 0 Å². The summed E-state index contributed by atoms with van der Waals surface area (Å²) in [6.07, 6.45) is 2.46. The fraction of sp³-hybridized carbons (Fsp3) is 0.370. The van der Waals surface area contributed by atoms with Crippen molar-refractivity contribution in [3.63, 3.8) is 0 Å². The first-order chi connectivity index (χ1) is 17.4. The van der Waals surface area contributed by atoms with Crippen molar-refractivity contribution in [1.29, 1.82) is 0 Å². The third-order valence-corrected chi connectivity index (χ3v) is 5.76. The summed E-state index contributed by atoms with van der Waals surface area (Å²) >= 11 is 0. The van der Waals surface area contributed by atoms with Gasteiger partial charge in [-0.05, 0) is 54.8 Å². The van der Waals surface area contributed by atoms with Crippen LogP contribution in [0.1, 0.15) is 43.4 Å². The van der Waals surface area contributed by atoms with Crippen molar-refractivity contribution >= 4 is 23.4 Å². The van der Waals surface area contributed by atoms with Gasteiger partial charge in [0.15, 0.2) is 6.61 Å². The van der Waals surface area contributed by atoms with Crippen LogP contribution in [-0.2, 0) is 19.1 Å². The lowest BCUT2D eigenvalue weighted by Crippen LogP contribution is -2.31. The largest absolute Gasteiger partial charge is 0.507 e. The normalized spacial score (nSPS) is 16.8. The number of methoxy groups -OCH3 is 1. The third-order valence-electron chi connectivity index (χ3n) is 5.76. The molecule has 0 radical (unpaired) electrons. The summed E-state index contributed by atoms with van der Waals surface area (Å²) < 4.78 is 16.1. The van der Waals surface area contributed by atoms with Gasteiger partial charge in [-0.2, -0.15) is 0 Å². The zero-order chi connectivity index (χ0) is 26.1. The summed E-state index contributed by atoms with van der Waals surface area (Å²) in [6, 6.07) is 12.6. The number of hydrogen-bond donors (Lipinski definition) is 2. The SMILES string of the molecule is CCCCOc1ccc(C(O)=C2C(=O)C(=O)N(CCCOC)[C@@H]2c2ccc(OCC(N)=O)cc2)cc1. The minimum Gasteiger partial charge on any atom is -0.507 e. The summed E-state index contributed by atoms with van der Waals surface area (Å²) in [5, 5.41) is 11.2. The Morgan fingerprint density at radius 3 is 2.22 bits per heavy atom. The van der Waals surface area contributed by atoms with Crippen LogP contribution < -0.4 is 15.2 Å². The zero-order valence-electron chi connectivity index (χ0n) is 20.6. The lowest BCUT2D eigenvalue weighted by Gasteiger charge is -2.25. The molecule has 1 aliphatic rings. The molecular formula is C27H32N2O7. The number of benzene rings is 2. The second kappa shape index (κ2) is 12.7. The van der Waals surface area contributed by atoms with Gasteiger partial charge < -0.3 is 30.0 Å². The van der Waals surface area contributed by atoms with Gasteiger partial charge in [0.05, 0.1) is 18.2 Å². The van der Waals surface area contributed by atoms with Gasteiger partial charge >= 0.3 is 0 Å². The number of amides is 2. The van der Waals surface area contributed by atoms with E-state index in [0.29, 0.717) is 42.3 Å². The zero-order valence-corrected chi connectivity index (χ0v) is 20.6. The molecule has 1 aliphatic heterocycles. The molecule has 0 unspecified atom stereocenters. The van der Waals surface area contributed by atoms with E-state index in [2.05, 4.69) is 6.92 Å². The lowest BCUT2D eigenvalue weighted by atomic mass is 9.95. The maximum atomic E-state index is 13.1. The molecule has 36 heavy (non-hydrogen) atoms. The average molecular weight is 497 g/mol. The number of unbranched alkanes of at least 4 members (excludes halogenated alkanes) is 1. The Morgan fingerprint density at radius 2 is 1.61 bits per heavy atom. The van der Waals surface area contributed by atoms with Gasteiger partial charge in [-0.1, -0.05) is 25.5 Å². The first-order valence-electron chi connectivity index (χ1n) is 11.9. The smallest absolute Gasteiger partial charge is 0.295 e. The van der Waals surface area contributed by atoms with Gasteiger partial charge in [0.1, 0.15) is 17.3 Å². The molecule has 192 valence electrons. The Hall–Kier alpha value is -3.85. The molecule has 0 aromatic heterocycles. The number of Topliss-reactive ketones (excluding diaryl/α,β-unsaturated/α-hetero) is 1. The Balaban J connectivity index is 1.96. The number of rotatable bonds is 13. The van der Waals surface area contributed by atoms with E-state index in [0.717, 1.165) is 12.8 Å². The molecular weight excluding hydrogens is 464 g/mol. The highest BCUT2D eigenvalue weighted by Gasteiger charge is 2.45. The van der Waals surface area contributed by atoms with Gasteiger partial charge in [0.2, 0.25) is 0 Å². The van der Waals surface area contributed by atoms with Crippen LogP contribution in [-0.4, -0.2) is 61.1 Å². The van der Waals surface area contributed by atoms with Crippen molar-refractivity contribution in [3.05, 3.63) is 65.2 Å². The molecule has 3 N–H and O–H groups in total.